The average Bonchev–Trinajstić information content (AvgIpc) is 2.26. The molecule has 2 unspecified atom stereocenters. The molecule has 0 heterocycles. The molecule has 0 aromatic rings. The number of carbonyl (C=O) groups is 3. The van der Waals surface area contributed by atoms with Crippen molar-refractivity contribution in [2.45, 2.75) is 30.8 Å². The van der Waals surface area contributed by atoms with Gasteiger partial charge in [0.05, 0.1) is 11.7 Å². The molecule has 2 atom stereocenters. The quantitative estimate of drug-likeness (QED) is 0.599. The third-order valence-corrected chi connectivity index (χ3v) is 4.84. The number of imide groups is 1. The zero-order valence-corrected chi connectivity index (χ0v) is 11.1. The number of sulfone groups is 1. The maximum atomic E-state index is 11.8. The van der Waals surface area contributed by atoms with E-state index in [4.69, 9.17) is 5.11 Å². The predicted molar refractivity (Wildman–Crippen MR) is 62.7 cm³/mol. The van der Waals surface area contributed by atoms with Crippen LogP contribution in [0, 0.1) is 0 Å². The van der Waals surface area contributed by atoms with Crippen LogP contribution in [0.3, 0.4) is 0 Å². The number of carboxylic acids is 1. The first-order valence-electron chi connectivity index (χ1n) is 5.10. The van der Waals surface area contributed by atoms with E-state index in [1.165, 1.54) is 14.0 Å². The number of amides is 3. The third kappa shape index (κ3) is 4.32. The number of hydrogen-bond acceptors (Lipinski definition) is 5. The summed E-state index contributed by atoms with van der Waals surface area (Å²) >= 11 is 0. The Morgan fingerprint density at radius 1 is 1.22 bits per heavy atom. The Morgan fingerprint density at radius 2 is 1.72 bits per heavy atom. The van der Waals surface area contributed by atoms with Gasteiger partial charge in [0.15, 0.2) is 9.84 Å². The van der Waals surface area contributed by atoms with E-state index in [2.05, 4.69) is 5.32 Å². The van der Waals surface area contributed by atoms with Crippen LogP contribution in [0.4, 0.5) is 4.79 Å². The molecule has 0 bridgehead atoms. The molecule has 0 saturated carbocycles. The lowest BCUT2D eigenvalue weighted by molar-refractivity contribution is -0.137. The molecule has 0 saturated heterocycles. The summed E-state index contributed by atoms with van der Waals surface area (Å²) in [5, 5.41) is 9.75. The van der Waals surface area contributed by atoms with Crippen LogP contribution in [0.25, 0.3) is 0 Å². The molecule has 8 nitrogen and oxygen atoms in total. The van der Waals surface area contributed by atoms with Crippen molar-refractivity contribution in [1.29, 1.82) is 0 Å². The fourth-order valence-corrected chi connectivity index (χ4v) is 2.56. The molecule has 0 aliphatic rings. The fourth-order valence-electron chi connectivity index (χ4n) is 1.14. The van der Waals surface area contributed by atoms with Gasteiger partial charge in [-0.25, -0.2) is 13.2 Å². The summed E-state index contributed by atoms with van der Waals surface area (Å²) in [7, 11) is -2.69. The molecule has 18 heavy (non-hydrogen) atoms. The molecule has 0 aliphatic carbocycles. The molecule has 3 amide bonds. The van der Waals surface area contributed by atoms with Crippen LogP contribution in [0.5, 0.6) is 0 Å². The van der Waals surface area contributed by atoms with E-state index >= 15 is 0 Å². The largest absolute Gasteiger partial charge is 0.481 e. The maximum Gasteiger partial charge on any atom is 0.321 e. The van der Waals surface area contributed by atoms with Crippen molar-refractivity contribution in [3.05, 3.63) is 0 Å². The molecule has 3 N–H and O–H groups in total. The van der Waals surface area contributed by atoms with E-state index in [1.807, 2.05) is 5.32 Å². The molecule has 9 heteroatoms. The number of rotatable bonds is 5. The van der Waals surface area contributed by atoms with Gasteiger partial charge in [-0.15, -0.1) is 0 Å². The number of nitrogens with one attached hydrogen (secondary N) is 2. The zero-order chi connectivity index (χ0) is 14.5. The summed E-state index contributed by atoms with van der Waals surface area (Å²) in [5.74, 6) is -2.27. The standard InChI is InChI=1S/C9H16N2O6S/c1-5(4-7(12)13)18(16,17)6(2)8(14)11-9(15)10-3/h5-6H,4H2,1-3H3,(H,12,13)(H2,10,11,14,15). The minimum Gasteiger partial charge on any atom is -0.481 e. The van der Waals surface area contributed by atoms with Crippen LogP contribution < -0.4 is 10.6 Å². The molecule has 0 aliphatic heterocycles. The molecule has 0 spiro atoms. The van der Waals surface area contributed by atoms with Crippen LogP contribution in [-0.2, 0) is 19.4 Å². The van der Waals surface area contributed by atoms with Gasteiger partial charge in [0.2, 0.25) is 5.91 Å². The molecule has 0 aromatic heterocycles. The second kappa shape index (κ2) is 6.34. The molecule has 0 radical (unpaired) electrons. The van der Waals surface area contributed by atoms with Crippen molar-refractivity contribution in [2.24, 2.45) is 0 Å². The molecule has 0 aromatic carbocycles. The minimum absolute atomic E-state index is 0.597. The minimum atomic E-state index is -3.96. The van der Waals surface area contributed by atoms with E-state index in [0.29, 0.717) is 0 Å². The van der Waals surface area contributed by atoms with E-state index in [9.17, 15) is 22.8 Å². The molecular formula is C9H16N2O6S. The van der Waals surface area contributed by atoms with E-state index < -0.39 is 44.7 Å². The summed E-state index contributed by atoms with van der Waals surface area (Å²) < 4.78 is 23.6. The number of carboxylic acid groups (broad SMARTS) is 1. The van der Waals surface area contributed by atoms with Gasteiger partial charge >= 0.3 is 12.0 Å². The van der Waals surface area contributed by atoms with Gasteiger partial charge in [0.25, 0.3) is 0 Å². The van der Waals surface area contributed by atoms with Crippen LogP contribution in [0.2, 0.25) is 0 Å². The van der Waals surface area contributed by atoms with Gasteiger partial charge in [-0.3, -0.25) is 14.9 Å². The summed E-state index contributed by atoms with van der Waals surface area (Å²) in [6.07, 6.45) is -0.597. The van der Waals surface area contributed by atoms with Crippen molar-refractivity contribution in [3.8, 4) is 0 Å². The number of carbonyl (C=O) groups excluding carboxylic acids is 2. The molecular weight excluding hydrogens is 264 g/mol. The summed E-state index contributed by atoms with van der Waals surface area (Å²) in [4.78, 5) is 32.8. The van der Waals surface area contributed by atoms with Crippen LogP contribution in [-0.4, -0.2) is 49.0 Å². The lowest BCUT2D eigenvalue weighted by atomic mass is 10.3. The maximum absolute atomic E-state index is 11.8. The van der Waals surface area contributed by atoms with Gasteiger partial charge in [0, 0.05) is 7.05 Å². The number of aliphatic carboxylic acids is 1. The Morgan fingerprint density at radius 3 is 2.11 bits per heavy atom. The first-order valence-corrected chi connectivity index (χ1v) is 6.71. The highest BCUT2D eigenvalue weighted by Crippen LogP contribution is 2.13. The third-order valence-electron chi connectivity index (χ3n) is 2.35. The number of hydrogen-bond donors (Lipinski definition) is 3. The Kier molecular flexibility index (Phi) is 5.76. The first kappa shape index (κ1) is 16.4. The van der Waals surface area contributed by atoms with Crippen molar-refractivity contribution < 1.29 is 27.9 Å². The Labute approximate surface area is 105 Å². The van der Waals surface area contributed by atoms with Crippen molar-refractivity contribution in [1.82, 2.24) is 10.6 Å². The Hall–Kier alpha value is -1.64. The van der Waals surface area contributed by atoms with Gasteiger partial charge in [-0.1, -0.05) is 0 Å². The summed E-state index contributed by atoms with van der Waals surface area (Å²) in [5.41, 5.74) is 0. The van der Waals surface area contributed by atoms with Crippen molar-refractivity contribution in [2.75, 3.05) is 7.05 Å². The van der Waals surface area contributed by atoms with Gasteiger partial charge in [0.1, 0.15) is 5.25 Å². The van der Waals surface area contributed by atoms with Crippen LogP contribution in [0.15, 0.2) is 0 Å². The predicted octanol–water partition coefficient (Wildman–Crippen LogP) is -0.891. The van der Waals surface area contributed by atoms with Crippen molar-refractivity contribution >= 4 is 27.7 Å². The number of urea groups is 1. The second-order valence-corrected chi connectivity index (χ2v) is 6.40. The SMILES string of the molecule is CNC(=O)NC(=O)C(C)S(=O)(=O)C(C)CC(=O)O. The fraction of sp³-hybridized carbons (Fsp3) is 0.667. The average molecular weight is 280 g/mol. The van der Waals surface area contributed by atoms with E-state index in [1.54, 1.807) is 0 Å². The zero-order valence-electron chi connectivity index (χ0n) is 10.3. The Bertz CT molecular complexity index is 444. The first-order chi connectivity index (χ1) is 8.12. The lowest BCUT2D eigenvalue weighted by Gasteiger charge is -2.16. The monoisotopic (exact) mass is 280 g/mol. The highest BCUT2D eigenvalue weighted by molar-refractivity contribution is 7.93. The molecule has 104 valence electrons. The van der Waals surface area contributed by atoms with Gasteiger partial charge in [-0.2, -0.15) is 0 Å². The highest BCUT2D eigenvalue weighted by Gasteiger charge is 2.34. The van der Waals surface area contributed by atoms with E-state index in [-0.39, 0.29) is 0 Å². The van der Waals surface area contributed by atoms with Gasteiger partial charge < -0.3 is 10.4 Å². The molecule has 0 fully saturated rings. The summed E-state index contributed by atoms with van der Waals surface area (Å²) in [6.45, 7) is 2.30. The van der Waals surface area contributed by atoms with Crippen LogP contribution >= 0.6 is 0 Å². The highest BCUT2D eigenvalue weighted by atomic mass is 32.2. The Balaban J connectivity index is 4.85. The summed E-state index contributed by atoms with van der Waals surface area (Å²) in [6, 6.07) is -0.826. The lowest BCUT2D eigenvalue weighted by Crippen LogP contribution is -2.46. The molecule has 0 rings (SSSR count). The second-order valence-electron chi connectivity index (χ2n) is 3.71. The van der Waals surface area contributed by atoms with Crippen LogP contribution in [0.1, 0.15) is 20.3 Å². The smallest absolute Gasteiger partial charge is 0.321 e. The van der Waals surface area contributed by atoms with E-state index in [0.717, 1.165) is 6.92 Å². The van der Waals surface area contributed by atoms with Gasteiger partial charge in [-0.05, 0) is 13.8 Å². The topological polar surface area (TPSA) is 130 Å². The van der Waals surface area contributed by atoms with Crippen molar-refractivity contribution in [3.63, 3.8) is 0 Å². The normalized spacial score (nSPS) is 14.4.